The van der Waals surface area contributed by atoms with Gasteiger partial charge in [-0.2, -0.15) is 0 Å². The highest BCUT2D eigenvalue weighted by Crippen LogP contribution is 2.50. The van der Waals surface area contributed by atoms with Gasteiger partial charge in [-0.1, -0.05) is 394 Å². The Balaban J connectivity index is 0.000000146. The molecule has 0 atom stereocenters. The molecule has 0 spiro atoms. The number of benzene rings is 19. The highest BCUT2D eigenvalue weighted by molar-refractivity contribution is 6.29. The topological polar surface area (TPSA) is 104 Å². The highest BCUT2D eigenvalue weighted by Gasteiger charge is 2.26. The van der Waals surface area contributed by atoms with Gasteiger partial charge in [0.05, 0.1) is 45.2 Å². The second kappa shape index (κ2) is 33.6. The summed E-state index contributed by atoms with van der Waals surface area (Å²) in [6.45, 7) is 0. The molecule has 8 heteroatoms. The van der Waals surface area contributed by atoms with Crippen LogP contribution in [0.4, 0.5) is 0 Å². The van der Waals surface area contributed by atoms with Crippen molar-refractivity contribution in [2.24, 2.45) is 0 Å². The zero-order valence-corrected chi connectivity index (χ0v) is 71.5. The fourth-order valence-electron chi connectivity index (χ4n) is 19.0. The summed E-state index contributed by atoms with van der Waals surface area (Å²) in [7, 11) is 0. The summed E-state index contributed by atoms with van der Waals surface area (Å²) < 4.78 is 13.3. The maximum atomic E-state index is 6.64. The average molecular weight is 1680 g/mol. The number of furan rings is 2. The number of pyridine rings is 2. The zero-order valence-electron chi connectivity index (χ0n) is 71.5. The first-order valence-corrected chi connectivity index (χ1v) is 44.6. The van der Waals surface area contributed by atoms with Crippen LogP contribution >= 0.6 is 0 Å². The van der Waals surface area contributed by atoms with Gasteiger partial charge in [0.2, 0.25) is 0 Å². The van der Waals surface area contributed by atoms with E-state index in [1.165, 1.54) is 10.9 Å². The molecule has 25 aromatic rings. The lowest BCUT2D eigenvalue weighted by Crippen LogP contribution is -1.96. The van der Waals surface area contributed by atoms with Crippen LogP contribution in [0.15, 0.2) is 482 Å². The fraction of sp³-hybridized carbons (Fsp3) is 0. The number of nitrogens with zero attached hydrogens (tertiary/aromatic N) is 6. The minimum atomic E-state index is 0.674. The number of aromatic nitrogens is 6. The molecular formula is C124H78N6O2. The molecule has 0 saturated carbocycles. The first-order chi connectivity index (χ1) is 65.4. The summed E-state index contributed by atoms with van der Waals surface area (Å²) in [4.78, 5) is 31.5. The highest BCUT2D eigenvalue weighted by atomic mass is 16.3. The average Bonchev–Trinajstić information content (AvgIpc) is 1.30. The van der Waals surface area contributed by atoms with E-state index in [9.17, 15) is 0 Å². The second-order valence-corrected chi connectivity index (χ2v) is 33.4. The summed E-state index contributed by atoms with van der Waals surface area (Å²) in [6, 6.07) is 166. The predicted octanol–water partition coefficient (Wildman–Crippen LogP) is 33.2. The lowest BCUT2D eigenvalue weighted by molar-refractivity contribution is 0.669. The fourth-order valence-corrected chi connectivity index (χ4v) is 19.0. The molecule has 0 radical (unpaired) electrons. The van der Waals surface area contributed by atoms with Crippen LogP contribution in [0.3, 0.4) is 0 Å². The smallest absolute Gasteiger partial charge is 0.160 e. The Morgan fingerprint density at radius 3 is 0.773 bits per heavy atom. The normalized spacial score (nSPS) is 11.5. The molecule has 132 heavy (non-hydrogen) atoms. The molecule has 0 fully saturated rings. The van der Waals surface area contributed by atoms with Gasteiger partial charge >= 0.3 is 0 Å². The summed E-state index contributed by atoms with van der Waals surface area (Å²) in [5.41, 5.74) is 34.5. The van der Waals surface area contributed by atoms with Gasteiger partial charge in [-0.25, -0.2) is 29.9 Å². The van der Waals surface area contributed by atoms with E-state index in [4.69, 9.17) is 38.7 Å². The van der Waals surface area contributed by atoms with E-state index in [1.54, 1.807) is 0 Å². The third-order valence-corrected chi connectivity index (χ3v) is 25.3. The van der Waals surface area contributed by atoms with Gasteiger partial charge in [0.15, 0.2) is 11.6 Å². The largest absolute Gasteiger partial charge is 0.456 e. The van der Waals surface area contributed by atoms with E-state index < -0.39 is 0 Å². The van der Waals surface area contributed by atoms with Crippen molar-refractivity contribution in [2.45, 2.75) is 0 Å². The first kappa shape index (κ1) is 77.8. The van der Waals surface area contributed by atoms with Gasteiger partial charge in [-0.15, -0.1) is 0 Å². The second-order valence-electron chi connectivity index (χ2n) is 33.4. The number of rotatable bonds is 15. The minimum absolute atomic E-state index is 0.674. The molecule has 25 rings (SSSR count). The lowest BCUT2D eigenvalue weighted by atomic mass is 9.89. The van der Waals surface area contributed by atoms with Gasteiger partial charge in [-0.3, -0.25) is 0 Å². The maximum Gasteiger partial charge on any atom is 0.160 e. The Labute approximate surface area is 762 Å². The van der Waals surface area contributed by atoms with E-state index in [1.807, 2.05) is 48.5 Å². The molecule has 0 aliphatic heterocycles. The summed E-state index contributed by atoms with van der Waals surface area (Å²) >= 11 is 0. The molecule has 6 aromatic heterocycles. The zero-order chi connectivity index (χ0) is 87.4. The van der Waals surface area contributed by atoms with E-state index >= 15 is 0 Å². The minimum Gasteiger partial charge on any atom is -0.456 e. The van der Waals surface area contributed by atoms with Crippen molar-refractivity contribution >= 4 is 87.2 Å². The third kappa shape index (κ3) is 14.6. The monoisotopic (exact) mass is 1680 g/mol. The first-order valence-electron chi connectivity index (χ1n) is 44.6. The van der Waals surface area contributed by atoms with Crippen LogP contribution in [-0.2, 0) is 0 Å². The molecule has 616 valence electrons. The summed E-state index contributed by atoms with van der Waals surface area (Å²) in [5.74, 6) is 1.36. The van der Waals surface area contributed by atoms with Crippen molar-refractivity contribution in [3.05, 3.63) is 473 Å². The van der Waals surface area contributed by atoms with Gasteiger partial charge < -0.3 is 8.83 Å². The van der Waals surface area contributed by atoms with Crippen LogP contribution in [0.5, 0.6) is 0 Å². The van der Waals surface area contributed by atoms with E-state index in [0.717, 1.165) is 233 Å². The van der Waals surface area contributed by atoms with Crippen LogP contribution in [0, 0.1) is 0 Å². The molecule has 0 aliphatic carbocycles. The number of hydrogen-bond acceptors (Lipinski definition) is 8. The molecule has 0 unspecified atom stereocenters. The Morgan fingerprint density at radius 1 is 0.136 bits per heavy atom. The van der Waals surface area contributed by atoms with E-state index in [-0.39, 0.29) is 0 Å². The summed E-state index contributed by atoms with van der Waals surface area (Å²) in [5, 5.41) is 11.1. The Kier molecular flexibility index (Phi) is 19.8. The molecule has 19 aromatic carbocycles. The lowest BCUT2D eigenvalue weighted by Gasteiger charge is -2.16. The van der Waals surface area contributed by atoms with Crippen LogP contribution < -0.4 is 0 Å². The van der Waals surface area contributed by atoms with E-state index in [2.05, 4.69) is 425 Å². The Hall–Kier alpha value is -17.7. The predicted molar refractivity (Wildman–Crippen MR) is 546 cm³/mol. The maximum absolute atomic E-state index is 6.64. The summed E-state index contributed by atoms with van der Waals surface area (Å²) in [6.07, 6.45) is 0. The molecule has 8 nitrogen and oxygen atoms in total. The molecule has 0 N–H and O–H groups in total. The van der Waals surface area contributed by atoms with Crippen molar-refractivity contribution in [3.63, 3.8) is 0 Å². The van der Waals surface area contributed by atoms with Crippen LogP contribution in [0.2, 0.25) is 0 Å². The number of hydrogen-bond donors (Lipinski definition) is 0. The van der Waals surface area contributed by atoms with Crippen molar-refractivity contribution in [1.82, 2.24) is 29.9 Å². The van der Waals surface area contributed by atoms with Gasteiger partial charge in [-0.05, 0) is 146 Å². The quantitative estimate of drug-likeness (QED) is 0.0935. The molecule has 0 amide bonds. The van der Waals surface area contributed by atoms with Crippen LogP contribution in [-0.4, -0.2) is 29.9 Å². The van der Waals surface area contributed by atoms with Crippen molar-refractivity contribution in [1.29, 1.82) is 0 Å². The van der Waals surface area contributed by atoms with E-state index in [0.29, 0.717) is 11.6 Å². The van der Waals surface area contributed by atoms with Crippen LogP contribution in [0.25, 0.3) is 255 Å². The molecule has 0 bridgehead atoms. The molecular weight excluding hydrogens is 1610 g/mol. The van der Waals surface area contributed by atoms with Gasteiger partial charge in [0.1, 0.15) is 22.3 Å². The standard InChI is InChI=1S/C65H41N3O.C59H37N3O/c1-4-17-42(18-5-1)47-23-14-26-50(37-47)58-41-57(67-65(68-58)52-28-16-25-49(39-52)43-19-6-2-7-20-43)45-35-33-44(34-36-45)48-24-15-27-51(38-48)64-55-40-60-63(54-30-11-13-32-59(54)69-60)61(46-21-8-3-9-22-46)62(55)53-29-10-12-31-56(53)66-64;1-4-16-38(17-5-1)43-22-14-24-45(34-43)52-37-51(61-59(62-52)42-20-8-3-9-21-42)40-32-30-39(31-33-40)44-23-15-25-46(35-44)58-49-36-54-57(48-27-11-13-29-53(48)63-54)55(41-18-6-2-7-19-41)56(49)47-26-10-12-28-50(47)60-58/h1-41H;1-37H. The van der Waals surface area contributed by atoms with Crippen LogP contribution in [0.1, 0.15) is 0 Å². The molecule has 6 heterocycles. The van der Waals surface area contributed by atoms with Gasteiger partial charge in [0, 0.05) is 109 Å². The van der Waals surface area contributed by atoms with Crippen molar-refractivity contribution in [3.8, 4) is 168 Å². The van der Waals surface area contributed by atoms with Crippen molar-refractivity contribution in [2.75, 3.05) is 0 Å². The number of para-hydroxylation sites is 4. The third-order valence-electron chi connectivity index (χ3n) is 25.3. The SMILES string of the molecule is c1ccc(-c2cccc(-c3cc(-c4ccc(-c5cccc(-c6nc7ccccc7c7c(-c8ccccc8)c8c(cc67)oc6ccccc68)c5)cc4)nc(-c4cccc(-c5ccccc5)c4)n3)c2)cc1.c1ccc(-c2cccc(-c3cc(-c4ccc(-c5cccc(-c6nc7ccccc7c7c(-c8ccccc8)c8c(cc67)oc6ccccc68)c5)cc4)nc(-c4ccccc4)n3)c2)cc1. The molecule has 0 saturated heterocycles. The Bertz CT molecular complexity index is 8620. The molecule has 0 aliphatic rings. The van der Waals surface area contributed by atoms with Gasteiger partial charge in [0.25, 0.3) is 0 Å². The van der Waals surface area contributed by atoms with Crippen molar-refractivity contribution < 1.29 is 8.83 Å². The Morgan fingerprint density at radius 2 is 0.394 bits per heavy atom. The number of fused-ring (bicyclic) bond motifs is 12.